The molecule has 0 saturated heterocycles. The Labute approximate surface area is 91.1 Å². The van der Waals surface area contributed by atoms with Crippen molar-refractivity contribution in [2.24, 2.45) is 0 Å². The van der Waals surface area contributed by atoms with Crippen LogP contribution in [-0.2, 0) is 0 Å². The van der Waals surface area contributed by atoms with Crippen LogP contribution in [0.25, 0.3) is 0 Å². The van der Waals surface area contributed by atoms with Crippen molar-refractivity contribution in [2.45, 2.75) is 0 Å². The van der Waals surface area contributed by atoms with Crippen molar-refractivity contribution in [3.8, 4) is 11.5 Å². The smallest absolute Gasteiger partial charge is 0.870 e. The van der Waals surface area contributed by atoms with Crippen molar-refractivity contribution in [1.82, 2.24) is 0 Å². The normalized spacial score (nSPS) is 8.33. The van der Waals surface area contributed by atoms with Gasteiger partial charge in [0.25, 0.3) is 0 Å². The first kappa shape index (κ1) is 11.3. The van der Waals surface area contributed by atoms with Crippen molar-refractivity contribution in [1.29, 1.82) is 0 Å². The second kappa shape index (κ2) is 5.03. The molecule has 0 radical (unpaired) electrons. The summed E-state index contributed by atoms with van der Waals surface area (Å²) in [6, 6.07) is 5.57. The zero-order valence-corrected chi connectivity index (χ0v) is 8.48. The minimum Gasteiger partial charge on any atom is -0.870 e. The summed E-state index contributed by atoms with van der Waals surface area (Å²) >= 11 is 0. The van der Waals surface area contributed by atoms with Crippen molar-refractivity contribution in [3.05, 3.63) is 24.3 Å². The van der Waals surface area contributed by atoms with Gasteiger partial charge < -0.3 is 14.9 Å². The Kier molecular flexibility index (Phi) is 4.73. The maximum atomic E-state index is 10.8. The third kappa shape index (κ3) is 3.13. The number of carboxylic acid groups (broad SMARTS) is 1. The van der Waals surface area contributed by atoms with Gasteiger partial charge in [0.1, 0.15) is 5.75 Å². The summed E-state index contributed by atoms with van der Waals surface area (Å²) in [7, 11) is 0. The third-order valence-corrected chi connectivity index (χ3v) is 1.05. The van der Waals surface area contributed by atoms with Crippen LogP contribution in [0.4, 0.5) is 4.79 Å². The van der Waals surface area contributed by atoms with E-state index in [1.807, 2.05) is 0 Å². The van der Waals surface area contributed by atoms with Gasteiger partial charge in [-0.05, 0) is 6.07 Å². The molecular formula is C7H5NaO4. The standard InChI is InChI=1S/C7H6O4.Na/c8-5-3-1-2-4-6(5)11-7(9)10;/h1-4,8H,(H,9,10);/q;+1/p-1. The fraction of sp³-hybridized carbons (Fsp3) is 0. The molecule has 4 nitrogen and oxygen atoms in total. The quantitative estimate of drug-likeness (QED) is 0.300. The second-order valence-electron chi connectivity index (χ2n) is 1.81. The van der Waals surface area contributed by atoms with Crippen molar-refractivity contribution in [2.75, 3.05) is 0 Å². The van der Waals surface area contributed by atoms with Gasteiger partial charge in [0.15, 0.2) is 0 Å². The number of ether oxygens (including phenoxy) is 1. The predicted octanol–water partition coefficient (Wildman–Crippen LogP) is -2.18. The summed E-state index contributed by atoms with van der Waals surface area (Å²) in [6.45, 7) is 0. The molecule has 0 fully saturated rings. The molecule has 0 heterocycles. The van der Waals surface area contributed by atoms with Crippen LogP contribution in [-0.4, -0.2) is 11.3 Å². The van der Waals surface area contributed by atoms with E-state index in [9.17, 15) is 9.90 Å². The van der Waals surface area contributed by atoms with Gasteiger partial charge in [-0.15, -0.1) is 0 Å². The minimum atomic E-state index is -1.48. The van der Waals surface area contributed by atoms with E-state index in [1.165, 1.54) is 24.3 Å². The molecule has 0 unspecified atom stereocenters. The number of benzene rings is 1. The summed E-state index contributed by atoms with van der Waals surface area (Å²) in [5.41, 5.74) is 0. The Hall–Kier alpha value is -0.710. The van der Waals surface area contributed by atoms with Crippen LogP contribution in [0.3, 0.4) is 0 Å². The number of para-hydroxylation sites is 2. The van der Waals surface area contributed by atoms with Crippen LogP contribution in [0.5, 0.6) is 11.5 Å². The second-order valence-corrected chi connectivity index (χ2v) is 1.81. The predicted molar refractivity (Wildman–Crippen MR) is 34.5 cm³/mol. The molecule has 0 atom stereocenters. The molecule has 0 aliphatic heterocycles. The van der Waals surface area contributed by atoms with E-state index in [1.54, 1.807) is 0 Å². The van der Waals surface area contributed by atoms with Gasteiger partial charge in [-0.2, -0.15) is 0 Å². The van der Waals surface area contributed by atoms with E-state index in [0.717, 1.165) is 0 Å². The van der Waals surface area contributed by atoms with Gasteiger partial charge in [-0.25, -0.2) is 4.79 Å². The van der Waals surface area contributed by atoms with Crippen LogP contribution < -0.4 is 39.4 Å². The third-order valence-electron chi connectivity index (χ3n) is 1.05. The van der Waals surface area contributed by atoms with E-state index in [-0.39, 0.29) is 35.3 Å². The number of hydrogen-bond acceptors (Lipinski definition) is 3. The number of carbonyl (C=O) groups is 1. The Balaban J connectivity index is 0.00000121. The molecule has 1 N–H and O–H groups in total. The average molecular weight is 176 g/mol. The van der Waals surface area contributed by atoms with E-state index in [0.29, 0.717) is 0 Å². The monoisotopic (exact) mass is 176 g/mol. The number of hydrogen-bond donors (Lipinski definition) is 1. The average Bonchev–Trinajstić information content (AvgIpc) is 1.93. The largest absolute Gasteiger partial charge is 1.00 e. The summed E-state index contributed by atoms with van der Waals surface area (Å²) in [6.07, 6.45) is -1.48. The van der Waals surface area contributed by atoms with E-state index < -0.39 is 11.9 Å². The molecule has 1 aromatic carbocycles. The Bertz CT molecular complexity index is 274. The molecule has 12 heavy (non-hydrogen) atoms. The van der Waals surface area contributed by atoms with Crippen LogP contribution in [0.15, 0.2) is 24.3 Å². The Morgan fingerprint density at radius 3 is 2.50 bits per heavy atom. The zero-order valence-electron chi connectivity index (χ0n) is 6.48. The molecule has 0 aromatic heterocycles. The van der Waals surface area contributed by atoms with Crippen molar-refractivity contribution < 1.29 is 49.3 Å². The first-order valence-corrected chi connectivity index (χ1v) is 2.87. The maximum absolute atomic E-state index is 10.8. The first-order chi connectivity index (χ1) is 5.20. The number of rotatable bonds is 1. The summed E-state index contributed by atoms with van der Waals surface area (Å²) in [5.74, 6) is -0.602. The molecule has 0 amide bonds. The Morgan fingerprint density at radius 2 is 2.00 bits per heavy atom. The van der Waals surface area contributed by atoms with E-state index in [4.69, 9.17) is 5.11 Å². The molecule has 1 rings (SSSR count). The molecule has 5 heteroatoms. The molecular weight excluding hydrogens is 171 g/mol. The van der Waals surface area contributed by atoms with Crippen LogP contribution in [0, 0.1) is 0 Å². The minimum absolute atomic E-state index is 0. The fourth-order valence-corrected chi connectivity index (χ4v) is 0.629. The van der Waals surface area contributed by atoms with Crippen LogP contribution >= 0.6 is 0 Å². The molecule has 0 saturated carbocycles. The summed E-state index contributed by atoms with van der Waals surface area (Å²) in [5, 5.41) is 18.9. The van der Waals surface area contributed by atoms with Crippen LogP contribution in [0.2, 0.25) is 0 Å². The van der Waals surface area contributed by atoms with Gasteiger partial charge in [-0.3, -0.25) is 0 Å². The van der Waals surface area contributed by atoms with Gasteiger partial charge in [-0.1, -0.05) is 23.9 Å². The van der Waals surface area contributed by atoms with Crippen LogP contribution in [0.1, 0.15) is 0 Å². The molecule has 1 aromatic rings. The molecule has 0 aliphatic carbocycles. The van der Waals surface area contributed by atoms with E-state index >= 15 is 0 Å². The van der Waals surface area contributed by atoms with Crippen molar-refractivity contribution in [3.63, 3.8) is 0 Å². The van der Waals surface area contributed by atoms with Crippen molar-refractivity contribution >= 4 is 6.16 Å². The van der Waals surface area contributed by atoms with Gasteiger partial charge in [0.2, 0.25) is 0 Å². The summed E-state index contributed by atoms with van der Waals surface area (Å²) in [4.78, 5) is 9.96. The SMILES string of the molecule is O=C(O)Oc1ccccc1[O-].[Na+]. The van der Waals surface area contributed by atoms with Gasteiger partial charge in [0, 0.05) is 0 Å². The first-order valence-electron chi connectivity index (χ1n) is 2.87. The maximum Gasteiger partial charge on any atom is 1.00 e. The van der Waals surface area contributed by atoms with Gasteiger partial charge in [0.05, 0.1) is 0 Å². The Morgan fingerprint density at radius 1 is 1.42 bits per heavy atom. The zero-order chi connectivity index (χ0) is 8.27. The topological polar surface area (TPSA) is 69.6 Å². The van der Waals surface area contributed by atoms with E-state index in [2.05, 4.69) is 4.74 Å². The molecule has 58 valence electrons. The van der Waals surface area contributed by atoms with Gasteiger partial charge >= 0.3 is 35.7 Å². The summed E-state index contributed by atoms with van der Waals surface area (Å²) < 4.78 is 4.15. The molecule has 0 spiro atoms. The molecule has 0 aliphatic rings. The fourth-order valence-electron chi connectivity index (χ4n) is 0.629. The molecule has 0 bridgehead atoms.